The summed E-state index contributed by atoms with van der Waals surface area (Å²) < 4.78 is 16.5. The Morgan fingerprint density at radius 3 is 2.52 bits per heavy atom. The monoisotopic (exact) mass is 434 g/mol. The van der Waals surface area contributed by atoms with Gasteiger partial charge in [-0.05, 0) is 51.5 Å². The van der Waals surface area contributed by atoms with Crippen LogP contribution in [0.1, 0.15) is 72.6 Å². The number of fused-ring (bicyclic) bond motifs is 1. The van der Waals surface area contributed by atoms with Crippen LogP contribution in [0.5, 0.6) is 0 Å². The van der Waals surface area contributed by atoms with Crippen molar-refractivity contribution in [2.24, 2.45) is 17.8 Å². The lowest BCUT2D eigenvalue weighted by molar-refractivity contribution is -0.148. The van der Waals surface area contributed by atoms with E-state index in [1.807, 2.05) is 26.8 Å². The molecule has 0 N–H and O–H groups in total. The third-order valence-electron chi connectivity index (χ3n) is 6.32. The molecule has 0 bridgehead atoms. The lowest BCUT2D eigenvalue weighted by Crippen LogP contribution is -2.24. The minimum absolute atomic E-state index is 0.00595. The van der Waals surface area contributed by atoms with E-state index in [2.05, 4.69) is 10.8 Å². The summed E-state index contributed by atoms with van der Waals surface area (Å²) in [6.45, 7) is 7.42. The molecule has 1 aliphatic carbocycles. The van der Waals surface area contributed by atoms with E-state index in [1.54, 1.807) is 6.08 Å². The van der Waals surface area contributed by atoms with Gasteiger partial charge in [0.15, 0.2) is 5.78 Å². The Morgan fingerprint density at radius 2 is 1.87 bits per heavy atom. The van der Waals surface area contributed by atoms with Crippen LogP contribution < -0.4 is 0 Å². The molecule has 1 saturated carbocycles. The zero-order valence-corrected chi connectivity index (χ0v) is 19.6. The molecule has 0 aromatic heterocycles. The molecular weight excluding hydrogens is 396 g/mol. The molecule has 0 aromatic carbocycles. The summed E-state index contributed by atoms with van der Waals surface area (Å²) in [4.78, 5) is 35.4. The van der Waals surface area contributed by atoms with Gasteiger partial charge in [-0.15, -0.1) is 0 Å². The van der Waals surface area contributed by atoms with Crippen molar-refractivity contribution in [2.45, 2.75) is 91.0 Å². The maximum absolute atomic E-state index is 12.6. The molecule has 6 nitrogen and oxygen atoms in total. The zero-order valence-electron chi connectivity index (χ0n) is 19.6. The normalized spacial score (nSPS) is 28.2. The van der Waals surface area contributed by atoms with Crippen molar-refractivity contribution in [3.8, 4) is 0 Å². The second-order valence-corrected chi connectivity index (χ2v) is 9.16. The Morgan fingerprint density at radius 1 is 1.13 bits per heavy atom. The average Bonchev–Trinajstić information content (AvgIpc) is 3.23. The molecular formula is C25H38O6. The topological polar surface area (TPSA) is 78.9 Å². The van der Waals surface area contributed by atoms with Gasteiger partial charge in [0.2, 0.25) is 0 Å². The second-order valence-electron chi connectivity index (χ2n) is 9.16. The number of allylic oxidation sites excluding steroid dienone is 3. The van der Waals surface area contributed by atoms with Gasteiger partial charge in [-0.3, -0.25) is 14.4 Å². The summed E-state index contributed by atoms with van der Waals surface area (Å²) in [5, 5.41) is 0. The van der Waals surface area contributed by atoms with Crippen LogP contribution in [-0.4, -0.2) is 43.1 Å². The van der Waals surface area contributed by atoms with Gasteiger partial charge in [-0.25, -0.2) is 0 Å². The van der Waals surface area contributed by atoms with E-state index in [9.17, 15) is 14.4 Å². The van der Waals surface area contributed by atoms with Crippen molar-refractivity contribution < 1.29 is 28.6 Å². The first-order chi connectivity index (χ1) is 14.7. The van der Waals surface area contributed by atoms with E-state index in [0.717, 1.165) is 32.1 Å². The van der Waals surface area contributed by atoms with Crippen molar-refractivity contribution in [1.29, 1.82) is 0 Å². The number of carbonyl (C=O) groups excluding carboxylic acids is 3. The number of unbranched alkanes of at least 4 members (excludes halogenated alkanes) is 1. The molecule has 0 radical (unpaired) electrons. The van der Waals surface area contributed by atoms with Crippen molar-refractivity contribution in [3.63, 3.8) is 0 Å². The Labute approximate surface area is 186 Å². The lowest BCUT2D eigenvalue weighted by Gasteiger charge is -2.21. The number of hydrogen-bond donors (Lipinski definition) is 0. The molecule has 2 aliphatic rings. The highest BCUT2D eigenvalue weighted by Gasteiger charge is 2.49. The highest BCUT2D eigenvalue weighted by atomic mass is 16.6. The maximum Gasteiger partial charge on any atom is 0.305 e. The molecule has 6 heteroatoms. The first kappa shape index (κ1) is 25.3. The van der Waals surface area contributed by atoms with E-state index in [4.69, 9.17) is 9.47 Å². The fourth-order valence-electron chi connectivity index (χ4n) is 4.59. The molecule has 0 aromatic rings. The quantitative estimate of drug-likeness (QED) is 0.205. The largest absolute Gasteiger partial charge is 0.469 e. The number of ketones is 1. The first-order valence-electron chi connectivity index (χ1n) is 11.5. The van der Waals surface area contributed by atoms with E-state index in [1.165, 1.54) is 19.6 Å². The summed E-state index contributed by atoms with van der Waals surface area (Å²) in [5.41, 5.74) is 1.21. The Balaban J connectivity index is 1.95. The minimum atomic E-state index is -0.300. The second kappa shape index (κ2) is 12.2. The van der Waals surface area contributed by atoms with Crippen LogP contribution in [0.15, 0.2) is 23.8 Å². The first-order valence-corrected chi connectivity index (χ1v) is 11.5. The predicted octanol–water partition coefficient (Wildman–Crippen LogP) is 4.56. The van der Waals surface area contributed by atoms with Crippen LogP contribution >= 0.6 is 0 Å². The Hall–Kier alpha value is -1.95. The number of carbonyl (C=O) groups is 3. The number of methoxy groups -OCH3 is 1. The molecule has 6 atom stereocenters. The third-order valence-corrected chi connectivity index (χ3v) is 6.32. The van der Waals surface area contributed by atoms with Gasteiger partial charge in [0.05, 0.1) is 19.3 Å². The number of ether oxygens (including phenoxy) is 3. The lowest BCUT2D eigenvalue weighted by atomic mass is 9.88. The number of hydrogen-bond acceptors (Lipinski definition) is 6. The van der Waals surface area contributed by atoms with Crippen molar-refractivity contribution >= 4 is 17.7 Å². The summed E-state index contributed by atoms with van der Waals surface area (Å²) in [6.07, 6.45) is 11.0. The van der Waals surface area contributed by atoms with Crippen molar-refractivity contribution in [1.82, 2.24) is 0 Å². The van der Waals surface area contributed by atoms with Gasteiger partial charge < -0.3 is 14.2 Å². The third kappa shape index (κ3) is 7.91. The van der Waals surface area contributed by atoms with Gasteiger partial charge >= 0.3 is 11.9 Å². The van der Waals surface area contributed by atoms with E-state index in [0.29, 0.717) is 12.8 Å². The smallest absolute Gasteiger partial charge is 0.305 e. The fourth-order valence-corrected chi connectivity index (χ4v) is 4.59. The average molecular weight is 435 g/mol. The van der Waals surface area contributed by atoms with Crippen LogP contribution in [0, 0.1) is 17.8 Å². The molecule has 2 fully saturated rings. The molecule has 1 unspecified atom stereocenters. The predicted molar refractivity (Wildman–Crippen MR) is 118 cm³/mol. The van der Waals surface area contributed by atoms with Crippen molar-refractivity contribution in [2.75, 3.05) is 7.11 Å². The number of rotatable bonds is 11. The SMILES string of the molecule is COC(=O)CCCC[C@@H]1C[C@@H]2[C@@H](/C=C/C(=O)C(C)CC=C(C)C)[C@H](OC(C)=O)C[C@@H]2O1. The highest BCUT2D eigenvalue weighted by Crippen LogP contribution is 2.46. The summed E-state index contributed by atoms with van der Waals surface area (Å²) in [7, 11) is 1.41. The molecule has 174 valence electrons. The maximum atomic E-state index is 12.6. The van der Waals surface area contributed by atoms with Gasteiger partial charge in [0.25, 0.3) is 0 Å². The number of esters is 2. The van der Waals surface area contributed by atoms with Gasteiger partial charge in [-0.1, -0.05) is 31.1 Å². The van der Waals surface area contributed by atoms with Gasteiger partial charge in [0, 0.05) is 31.6 Å². The standard InChI is InChI=1S/C25H38O6/c1-16(2)10-11-17(3)22(27)13-12-20-21-14-19(8-6-7-9-25(28)29-5)31-24(21)15-23(20)30-18(4)26/h10,12-13,17,19-21,23-24H,6-9,11,14-15H2,1-5H3/b13-12+/t17?,19-,20-,21-,23-,24+/m1/s1. The Kier molecular flexibility index (Phi) is 9.94. The van der Waals surface area contributed by atoms with Gasteiger partial charge in [0.1, 0.15) is 6.10 Å². The van der Waals surface area contributed by atoms with Crippen LogP contribution in [-0.2, 0) is 28.6 Å². The fraction of sp³-hybridized carbons (Fsp3) is 0.720. The molecule has 1 heterocycles. The van der Waals surface area contributed by atoms with E-state index in [-0.39, 0.29) is 53.8 Å². The summed E-state index contributed by atoms with van der Waals surface area (Å²) >= 11 is 0. The van der Waals surface area contributed by atoms with E-state index < -0.39 is 0 Å². The summed E-state index contributed by atoms with van der Waals surface area (Å²) in [5.74, 6) is -0.215. The minimum Gasteiger partial charge on any atom is -0.469 e. The molecule has 31 heavy (non-hydrogen) atoms. The molecule has 0 spiro atoms. The molecule has 1 aliphatic heterocycles. The van der Waals surface area contributed by atoms with Crippen LogP contribution in [0.2, 0.25) is 0 Å². The van der Waals surface area contributed by atoms with Crippen LogP contribution in [0.25, 0.3) is 0 Å². The molecule has 0 amide bonds. The Bertz CT molecular complexity index is 690. The molecule has 2 rings (SSSR count). The van der Waals surface area contributed by atoms with Crippen LogP contribution in [0.4, 0.5) is 0 Å². The van der Waals surface area contributed by atoms with Crippen molar-refractivity contribution in [3.05, 3.63) is 23.8 Å². The molecule has 1 saturated heterocycles. The van der Waals surface area contributed by atoms with Crippen LogP contribution in [0.3, 0.4) is 0 Å². The van der Waals surface area contributed by atoms with Gasteiger partial charge in [-0.2, -0.15) is 0 Å². The zero-order chi connectivity index (χ0) is 23.0. The van der Waals surface area contributed by atoms with E-state index >= 15 is 0 Å². The highest BCUT2D eigenvalue weighted by molar-refractivity contribution is 5.91. The summed E-state index contributed by atoms with van der Waals surface area (Å²) in [6, 6.07) is 0.